The Kier molecular flexibility index (Phi) is 5.18. The van der Waals surface area contributed by atoms with Gasteiger partial charge in [0.1, 0.15) is 0 Å². The zero-order valence-electron chi connectivity index (χ0n) is 14.9. The molecular formula is C16H21N3O5S2. The number of rotatable bonds is 4. The van der Waals surface area contributed by atoms with E-state index in [-0.39, 0.29) is 30.3 Å². The number of thiazole rings is 1. The molecule has 3 heterocycles. The molecule has 10 heteroatoms. The normalized spacial score (nSPS) is 19.0. The largest absolute Gasteiger partial charge is 0.466 e. The number of carbonyl (C=O) groups is 1. The molecule has 1 atom stereocenters. The third-order valence-electron chi connectivity index (χ3n) is 4.38. The molecule has 26 heavy (non-hydrogen) atoms. The number of carbonyl (C=O) groups excluding carboxylic acids is 1. The summed E-state index contributed by atoms with van der Waals surface area (Å²) >= 11 is 1.33. The smallest absolute Gasteiger partial charge is 0.310 e. The van der Waals surface area contributed by atoms with Crippen LogP contribution in [0.4, 0.5) is 0 Å². The zero-order valence-corrected chi connectivity index (χ0v) is 16.5. The summed E-state index contributed by atoms with van der Waals surface area (Å²) < 4.78 is 33.8. The van der Waals surface area contributed by atoms with Crippen molar-refractivity contribution in [3.63, 3.8) is 0 Å². The van der Waals surface area contributed by atoms with Crippen LogP contribution < -0.4 is 5.56 Å². The van der Waals surface area contributed by atoms with E-state index in [4.69, 9.17) is 4.74 Å². The van der Waals surface area contributed by atoms with Crippen molar-refractivity contribution in [2.24, 2.45) is 5.92 Å². The highest BCUT2D eigenvalue weighted by molar-refractivity contribution is 7.89. The Morgan fingerprint density at radius 2 is 2.15 bits per heavy atom. The van der Waals surface area contributed by atoms with Gasteiger partial charge in [0.25, 0.3) is 5.56 Å². The number of nitrogens with zero attached hydrogens (tertiary/aromatic N) is 3. The quantitative estimate of drug-likeness (QED) is 0.720. The SMILES string of the molecule is CCOC(=O)C1CCCN(S(=O)(=O)c2c(C)nc3sc(C)cn3c2=O)C1. The number of aryl methyl sites for hydroxylation is 2. The molecule has 0 aromatic carbocycles. The van der Waals surface area contributed by atoms with E-state index in [0.717, 1.165) is 4.88 Å². The van der Waals surface area contributed by atoms with Gasteiger partial charge in [-0.25, -0.2) is 13.4 Å². The first-order chi connectivity index (χ1) is 12.3. The molecule has 0 aliphatic carbocycles. The average molecular weight is 399 g/mol. The predicted molar refractivity (Wildman–Crippen MR) is 96.9 cm³/mol. The maximum atomic E-state index is 13.1. The van der Waals surface area contributed by atoms with E-state index in [9.17, 15) is 18.0 Å². The van der Waals surface area contributed by atoms with Crippen LogP contribution in [0.25, 0.3) is 4.96 Å². The molecule has 3 rings (SSSR count). The highest BCUT2D eigenvalue weighted by Gasteiger charge is 2.37. The van der Waals surface area contributed by atoms with Crippen LogP contribution in [-0.2, 0) is 19.6 Å². The maximum absolute atomic E-state index is 13.1. The number of ether oxygens (including phenoxy) is 1. The van der Waals surface area contributed by atoms with E-state index in [1.807, 2.05) is 6.92 Å². The molecule has 1 aliphatic rings. The van der Waals surface area contributed by atoms with Crippen LogP contribution in [0, 0.1) is 19.8 Å². The minimum Gasteiger partial charge on any atom is -0.466 e. The Bertz CT molecular complexity index is 1010. The van der Waals surface area contributed by atoms with Gasteiger partial charge in [0.15, 0.2) is 9.86 Å². The van der Waals surface area contributed by atoms with E-state index in [1.165, 1.54) is 27.0 Å². The first-order valence-corrected chi connectivity index (χ1v) is 10.7. The van der Waals surface area contributed by atoms with E-state index >= 15 is 0 Å². The van der Waals surface area contributed by atoms with Crippen molar-refractivity contribution in [2.45, 2.75) is 38.5 Å². The van der Waals surface area contributed by atoms with Crippen molar-refractivity contribution < 1.29 is 17.9 Å². The summed E-state index contributed by atoms with van der Waals surface area (Å²) in [6.07, 6.45) is 2.70. The molecule has 0 saturated carbocycles. The van der Waals surface area contributed by atoms with Crippen molar-refractivity contribution in [1.29, 1.82) is 0 Å². The average Bonchev–Trinajstić information content (AvgIpc) is 2.95. The highest BCUT2D eigenvalue weighted by atomic mass is 32.2. The van der Waals surface area contributed by atoms with Crippen LogP contribution in [0.3, 0.4) is 0 Å². The predicted octanol–water partition coefficient (Wildman–Crippen LogP) is 1.34. The Hall–Kier alpha value is -1.78. The zero-order chi connectivity index (χ0) is 19.1. The summed E-state index contributed by atoms with van der Waals surface area (Å²) in [6, 6.07) is 0. The summed E-state index contributed by atoms with van der Waals surface area (Å²) in [6.45, 7) is 5.60. The molecular weight excluding hydrogens is 378 g/mol. The van der Waals surface area contributed by atoms with Gasteiger partial charge in [0.2, 0.25) is 10.0 Å². The lowest BCUT2D eigenvalue weighted by Crippen LogP contribution is -2.44. The molecule has 0 spiro atoms. The number of fused-ring (bicyclic) bond motifs is 1. The molecule has 142 valence electrons. The summed E-state index contributed by atoms with van der Waals surface area (Å²) in [5.74, 6) is -0.913. The van der Waals surface area contributed by atoms with Gasteiger partial charge in [-0.15, -0.1) is 11.3 Å². The molecule has 1 saturated heterocycles. The molecule has 0 radical (unpaired) electrons. The van der Waals surface area contributed by atoms with Crippen LogP contribution in [-0.4, -0.2) is 47.8 Å². The molecule has 8 nitrogen and oxygen atoms in total. The van der Waals surface area contributed by atoms with E-state index in [1.54, 1.807) is 13.1 Å². The number of aromatic nitrogens is 2. The monoisotopic (exact) mass is 399 g/mol. The van der Waals surface area contributed by atoms with Crippen molar-refractivity contribution >= 4 is 32.3 Å². The number of piperidine rings is 1. The Morgan fingerprint density at radius 3 is 2.85 bits per heavy atom. The first kappa shape index (κ1) is 19.0. The highest BCUT2D eigenvalue weighted by Crippen LogP contribution is 2.25. The Labute approximate surface area is 155 Å². The Balaban J connectivity index is 2.01. The van der Waals surface area contributed by atoms with Crippen LogP contribution in [0.5, 0.6) is 0 Å². The van der Waals surface area contributed by atoms with Crippen molar-refractivity contribution in [3.8, 4) is 0 Å². The van der Waals surface area contributed by atoms with Gasteiger partial charge in [-0.1, -0.05) is 0 Å². The van der Waals surface area contributed by atoms with Crippen molar-refractivity contribution in [3.05, 3.63) is 27.1 Å². The molecule has 0 amide bonds. The minimum atomic E-state index is -4.05. The topological polar surface area (TPSA) is 98.0 Å². The summed E-state index contributed by atoms with van der Waals surface area (Å²) in [4.78, 5) is 30.1. The number of sulfonamides is 1. The fraction of sp³-hybridized carbons (Fsp3) is 0.562. The number of hydrogen-bond acceptors (Lipinski definition) is 7. The lowest BCUT2D eigenvalue weighted by Gasteiger charge is -2.30. The van der Waals surface area contributed by atoms with E-state index in [0.29, 0.717) is 17.8 Å². The van der Waals surface area contributed by atoms with Gasteiger partial charge in [-0.05, 0) is 33.6 Å². The van der Waals surface area contributed by atoms with Crippen LogP contribution >= 0.6 is 11.3 Å². The van der Waals surface area contributed by atoms with Gasteiger partial charge in [-0.2, -0.15) is 4.31 Å². The third kappa shape index (κ3) is 3.28. The van der Waals surface area contributed by atoms with Gasteiger partial charge in [0, 0.05) is 24.2 Å². The standard InChI is InChI=1S/C16H21N3O5S2/c1-4-24-15(21)12-6-5-7-18(9-12)26(22,23)13-11(3)17-16-19(14(13)20)8-10(2)25-16/h8,12H,4-7,9H2,1-3H3. The second-order valence-corrected chi connectivity index (χ2v) is 9.37. The number of hydrogen-bond donors (Lipinski definition) is 0. The Morgan fingerprint density at radius 1 is 1.42 bits per heavy atom. The third-order valence-corrected chi connectivity index (χ3v) is 7.27. The van der Waals surface area contributed by atoms with E-state index in [2.05, 4.69) is 4.98 Å². The number of esters is 1. The van der Waals surface area contributed by atoms with E-state index < -0.39 is 27.5 Å². The van der Waals surface area contributed by atoms with Crippen LogP contribution in [0.15, 0.2) is 15.9 Å². The first-order valence-electron chi connectivity index (χ1n) is 8.42. The lowest BCUT2D eigenvalue weighted by molar-refractivity contribution is -0.149. The minimum absolute atomic E-state index is 0.0193. The van der Waals surface area contributed by atoms with Crippen LogP contribution in [0.1, 0.15) is 30.3 Å². The van der Waals surface area contributed by atoms with Crippen molar-refractivity contribution in [2.75, 3.05) is 19.7 Å². The molecule has 1 fully saturated rings. The molecule has 0 N–H and O–H groups in total. The molecule has 1 aliphatic heterocycles. The van der Waals surface area contributed by atoms with Gasteiger partial charge >= 0.3 is 5.97 Å². The van der Waals surface area contributed by atoms with Gasteiger partial charge < -0.3 is 4.74 Å². The second kappa shape index (κ2) is 7.09. The lowest BCUT2D eigenvalue weighted by atomic mass is 10.0. The fourth-order valence-electron chi connectivity index (χ4n) is 3.18. The van der Waals surface area contributed by atoms with Gasteiger partial charge in [-0.3, -0.25) is 14.0 Å². The summed E-state index contributed by atoms with van der Waals surface area (Å²) in [5, 5.41) is 0. The molecule has 0 bridgehead atoms. The van der Waals surface area contributed by atoms with Crippen molar-refractivity contribution in [1.82, 2.24) is 13.7 Å². The summed E-state index contributed by atoms with van der Waals surface area (Å²) in [5.41, 5.74) is -0.426. The maximum Gasteiger partial charge on any atom is 0.310 e. The van der Waals surface area contributed by atoms with Gasteiger partial charge in [0.05, 0.1) is 18.2 Å². The van der Waals surface area contributed by atoms with Crippen LogP contribution in [0.2, 0.25) is 0 Å². The fourth-order valence-corrected chi connectivity index (χ4v) is 5.78. The molecule has 2 aromatic rings. The molecule has 2 aromatic heterocycles. The molecule has 1 unspecified atom stereocenters. The second-order valence-electron chi connectivity index (χ2n) is 6.28. The summed E-state index contributed by atoms with van der Waals surface area (Å²) in [7, 11) is -4.05.